The van der Waals surface area contributed by atoms with Crippen LogP contribution in [0.25, 0.3) is 10.9 Å². The molecule has 6 heteroatoms. The smallest absolute Gasteiger partial charge is 0.242 e. The van der Waals surface area contributed by atoms with E-state index in [0.717, 1.165) is 28.6 Å². The van der Waals surface area contributed by atoms with Crippen molar-refractivity contribution in [2.24, 2.45) is 5.10 Å². The third kappa shape index (κ3) is 3.44. The Morgan fingerprint density at radius 1 is 1.15 bits per heavy atom. The standard InChI is InChI=1S/C20H17ClN4O/c21-15-8-10-23-18(13-15)19(24-25-11-3-6-20(25)26)12-14-7-9-22-17-5-2-1-4-16(14)17/h1-2,4-5,7-10,13H,3,6,11-12H2/b24-19+. The monoisotopic (exact) mass is 364 g/mol. The molecule has 0 spiro atoms. The second kappa shape index (κ2) is 7.22. The summed E-state index contributed by atoms with van der Waals surface area (Å²) in [6, 6.07) is 13.5. The van der Waals surface area contributed by atoms with Crippen LogP contribution in [0.1, 0.15) is 24.1 Å². The van der Waals surface area contributed by atoms with Crippen LogP contribution in [-0.4, -0.2) is 33.1 Å². The largest absolute Gasteiger partial charge is 0.273 e. The third-order valence-corrected chi connectivity index (χ3v) is 4.64. The summed E-state index contributed by atoms with van der Waals surface area (Å²) < 4.78 is 0. The number of para-hydroxylation sites is 1. The molecule has 1 aliphatic rings. The molecule has 0 saturated carbocycles. The van der Waals surface area contributed by atoms with Crippen molar-refractivity contribution in [2.45, 2.75) is 19.3 Å². The van der Waals surface area contributed by atoms with Gasteiger partial charge in [0, 0.05) is 42.2 Å². The minimum Gasteiger partial charge on any atom is -0.273 e. The Morgan fingerprint density at radius 3 is 2.81 bits per heavy atom. The van der Waals surface area contributed by atoms with E-state index in [1.165, 1.54) is 0 Å². The number of rotatable bonds is 4. The molecule has 130 valence electrons. The van der Waals surface area contributed by atoms with E-state index in [9.17, 15) is 4.79 Å². The number of hydrazone groups is 1. The number of hydrogen-bond acceptors (Lipinski definition) is 4. The number of halogens is 1. The maximum atomic E-state index is 12.0. The lowest BCUT2D eigenvalue weighted by Gasteiger charge is -2.14. The van der Waals surface area contributed by atoms with Crippen LogP contribution in [0.4, 0.5) is 0 Å². The third-order valence-electron chi connectivity index (χ3n) is 4.40. The molecule has 0 atom stereocenters. The molecule has 0 bridgehead atoms. The van der Waals surface area contributed by atoms with Gasteiger partial charge in [-0.25, -0.2) is 5.01 Å². The van der Waals surface area contributed by atoms with Crippen LogP contribution in [0.15, 0.2) is 60.0 Å². The fourth-order valence-corrected chi connectivity index (χ4v) is 3.27. The van der Waals surface area contributed by atoms with Crippen LogP contribution in [-0.2, 0) is 11.2 Å². The van der Waals surface area contributed by atoms with Gasteiger partial charge >= 0.3 is 0 Å². The lowest BCUT2D eigenvalue weighted by atomic mass is 10.0. The van der Waals surface area contributed by atoms with Gasteiger partial charge in [-0.15, -0.1) is 0 Å². The molecule has 0 aliphatic carbocycles. The highest BCUT2D eigenvalue weighted by atomic mass is 35.5. The Balaban J connectivity index is 1.77. The van der Waals surface area contributed by atoms with Crippen molar-refractivity contribution < 1.29 is 4.79 Å². The first kappa shape index (κ1) is 16.7. The zero-order valence-corrected chi connectivity index (χ0v) is 14.9. The number of hydrogen-bond donors (Lipinski definition) is 0. The zero-order valence-electron chi connectivity index (χ0n) is 14.1. The second-order valence-electron chi connectivity index (χ2n) is 6.19. The molecule has 0 radical (unpaired) electrons. The Bertz CT molecular complexity index is 997. The summed E-state index contributed by atoms with van der Waals surface area (Å²) in [7, 11) is 0. The number of carbonyl (C=O) groups is 1. The first-order chi connectivity index (χ1) is 12.7. The predicted molar refractivity (Wildman–Crippen MR) is 102 cm³/mol. The summed E-state index contributed by atoms with van der Waals surface area (Å²) >= 11 is 6.15. The molecule has 1 aromatic carbocycles. The first-order valence-corrected chi connectivity index (χ1v) is 8.91. The SMILES string of the molecule is O=C1CCCN1/N=C(\Cc1ccnc2ccccc12)c1cc(Cl)ccn1. The summed E-state index contributed by atoms with van der Waals surface area (Å²) in [5, 5.41) is 7.83. The number of nitrogens with zero attached hydrogens (tertiary/aromatic N) is 4. The maximum absolute atomic E-state index is 12.0. The lowest BCUT2D eigenvalue weighted by Crippen LogP contribution is -2.22. The topological polar surface area (TPSA) is 58.5 Å². The number of fused-ring (bicyclic) bond motifs is 1. The summed E-state index contributed by atoms with van der Waals surface area (Å²) in [6.07, 6.45) is 5.36. The molecule has 2 aromatic heterocycles. The van der Waals surface area contributed by atoms with E-state index < -0.39 is 0 Å². The van der Waals surface area contributed by atoms with Crippen molar-refractivity contribution in [3.63, 3.8) is 0 Å². The summed E-state index contributed by atoms with van der Waals surface area (Å²) in [6.45, 7) is 0.639. The van der Waals surface area contributed by atoms with E-state index in [1.807, 2.05) is 30.3 Å². The Labute approximate surface area is 156 Å². The van der Waals surface area contributed by atoms with Crippen molar-refractivity contribution in [3.05, 3.63) is 71.1 Å². The quantitative estimate of drug-likeness (QED) is 0.660. The van der Waals surface area contributed by atoms with E-state index in [2.05, 4.69) is 15.1 Å². The van der Waals surface area contributed by atoms with Crippen molar-refractivity contribution in [2.75, 3.05) is 6.54 Å². The van der Waals surface area contributed by atoms with Crippen LogP contribution in [0.3, 0.4) is 0 Å². The van der Waals surface area contributed by atoms with Gasteiger partial charge in [0.2, 0.25) is 5.91 Å². The number of carbonyl (C=O) groups excluding carboxylic acids is 1. The fraction of sp³-hybridized carbons (Fsp3) is 0.200. The second-order valence-corrected chi connectivity index (χ2v) is 6.63. The summed E-state index contributed by atoms with van der Waals surface area (Å²) in [5.41, 5.74) is 3.42. The maximum Gasteiger partial charge on any atom is 0.242 e. The highest BCUT2D eigenvalue weighted by Crippen LogP contribution is 2.20. The van der Waals surface area contributed by atoms with Gasteiger partial charge in [-0.05, 0) is 36.2 Å². The molecule has 1 fully saturated rings. The van der Waals surface area contributed by atoms with E-state index in [0.29, 0.717) is 30.1 Å². The van der Waals surface area contributed by atoms with Crippen molar-refractivity contribution >= 4 is 34.1 Å². The highest BCUT2D eigenvalue weighted by Gasteiger charge is 2.21. The van der Waals surface area contributed by atoms with Gasteiger partial charge in [-0.1, -0.05) is 29.8 Å². The summed E-state index contributed by atoms with van der Waals surface area (Å²) in [4.78, 5) is 20.9. The molecule has 5 nitrogen and oxygen atoms in total. The Morgan fingerprint density at radius 2 is 2.00 bits per heavy atom. The van der Waals surface area contributed by atoms with Crippen molar-refractivity contribution in [1.29, 1.82) is 0 Å². The molecule has 1 saturated heterocycles. The number of aromatic nitrogens is 2. The van der Waals surface area contributed by atoms with E-state index in [1.54, 1.807) is 29.5 Å². The molecule has 1 amide bonds. The van der Waals surface area contributed by atoms with Crippen molar-refractivity contribution in [3.8, 4) is 0 Å². The van der Waals surface area contributed by atoms with Gasteiger partial charge in [0.05, 0.1) is 16.9 Å². The molecule has 1 aliphatic heterocycles. The molecule has 3 heterocycles. The van der Waals surface area contributed by atoms with Crippen LogP contribution in [0.5, 0.6) is 0 Å². The minimum absolute atomic E-state index is 0.0455. The predicted octanol–water partition coefficient (Wildman–Crippen LogP) is 3.85. The zero-order chi connectivity index (χ0) is 17.9. The number of pyridine rings is 2. The van der Waals surface area contributed by atoms with Gasteiger partial charge in [0.1, 0.15) is 0 Å². The molecule has 0 N–H and O–H groups in total. The van der Waals surface area contributed by atoms with Crippen LogP contribution in [0.2, 0.25) is 5.02 Å². The molecule has 3 aromatic rings. The van der Waals surface area contributed by atoms with E-state index in [-0.39, 0.29) is 5.91 Å². The molecular weight excluding hydrogens is 348 g/mol. The van der Waals surface area contributed by atoms with Crippen molar-refractivity contribution in [1.82, 2.24) is 15.0 Å². The fourth-order valence-electron chi connectivity index (χ4n) is 3.11. The van der Waals surface area contributed by atoms with Gasteiger partial charge < -0.3 is 0 Å². The minimum atomic E-state index is 0.0455. The lowest BCUT2D eigenvalue weighted by molar-refractivity contribution is -0.127. The Kier molecular flexibility index (Phi) is 4.63. The first-order valence-electron chi connectivity index (χ1n) is 8.53. The number of benzene rings is 1. The summed E-state index contributed by atoms with van der Waals surface area (Å²) in [5.74, 6) is 0.0455. The highest BCUT2D eigenvalue weighted by molar-refractivity contribution is 6.30. The Hall–Kier alpha value is -2.79. The average molecular weight is 365 g/mol. The van der Waals surface area contributed by atoms with Crippen LogP contribution >= 0.6 is 11.6 Å². The van der Waals surface area contributed by atoms with Gasteiger partial charge in [-0.3, -0.25) is 14.8 Å². The van der Waals surface area contributed by atoms with Gasteiger partial charge in [0.15, 0.2) is 0 Å². The molecule has 4 rings (SSSR count). The van der Waals surface area contributed by atoms with Gasteiger partial charge in [0.25, 0.3) is 0 Å². The average Bonchev–Trinajstić information content (AvgIpc) is 3.06. The molecule has 0 unspecified atom stereocenters. The number of amides is 1. The normalized spacial score (nSPS) is 15.0. The van der Waals surface area contributed by atoms with Crippen LogP contribution in [0, 0.1) is 0 Å². The molecular formula is C20H17ClN4O. The molecule has 26 heavy (non-hydrogen) atoms. The van der Waals surface area contributed by atoms with E-state index >= 15 is 0 Å². The van der Waals surface area contributed by atoms with E-state index in [4.69, 9.17) is 11.6 Å². The van der Waals surface area contributed by atoms with Gasteiger partial charge in [-0.2, -0.15) is 5.10 Å². The van der Waals surface area contributed by atoms with Crippen LogP contribution < -0.4 is 0 Å².